The maximum atomic E-state index is 10.6. The SMILES string of the molecule is O=C(O)C(F)(F)F.c1cc(-n2cnc(N3CCOCC3)n2)ccc1Nc1ncc2ccc(-c3cnoc3)cc2n1. The standard InChI is InChI=1S/C23H20N8O2.C2HF3O2/c1-2-17-12-24-22(28-21(17)11-16(1)18-13-26-33-14-18)27-19-3-5-20(6-4-19)31-15-25-23(29-31)30-7-9-32-10-8-30;3-2(4,5)1(6)7/h1-6,11-15H,7-10H2,(H,24,27,28);(H,6,7). The summed E-state index contributed by atoms with van der Waals surface area (Å²) in [5, 5.41) is 19.7. The van der Waals surface area contributed by atoms with E-state index in [-0.39, 0.29) is 0 Å². The molecule has 15 heteroatoms. The van der Waals surface area contributed by atoms with Crippen molar-refractivity contribution in [2.24, 2.45) is 0 Å². The lowest BCUT2D eigenvalue weighted by molar-refractivity contribution is -0.192. The van der Waals surface area contributed by atoms with Gasteiger partial charge in [-0.1, -0.05) is 17.3 Å². The quantitative estimate of drug-likeness (QED) is 0.324. The number of hydrogen-bond donors (Lipinski definition) is 2. The number of hydrogen-bond acceptors (Lipinski definition) is 10. The van der Waals surface area contributed by atoms with Crippen LogP contribution in [0.4, 0.5) is 30.8 Å². The molecule has 0 aliphatic carbocycles. The molecule has 40 heavy (non-hydrogen) atoms. The Morgan fingerprint density at radius 3 is 2.42 bits per heavy atom. The number of fused-ring (bicyclic) bond motifs is 1. The minimum absolute atomic E-state index is 0.521. The third kappa shape index (κ3) is 6.32. The number of nitrogens with zero attached hydrogens (tertiary/aromatic N) is 7. The van der Waals surface area contributed by atoms with Gasteiger partial charge in [0.2, 0.25) is 11.9 Å². The number of benzene rings is 2. The lowest BCUT2D eigenvalue weighted by Gasteiger charge is -2.25. The van der Waals surface area contributed by atoms with Crippen LogP contribution in [0.5, 0.6) is 0 Å². The zero-order valence-corrected chi connectivity index (χ0v) is 20.6. The van der Waals surface area contributed by atoms with Gasteiger partial charge in [0.05, 0.1) is 30.6 Å². The average Bonchev–Trinajstić information content (AvgIpc) is 3.67. The van der Waals surface area contributed by atoms with E-state index in [9.17, 15) is 13.2 Å². The van der Waals surface area contributed by atoms with Gasteiger partial charge in [-0.2, -0.15) is 18.2 Å². The molecule has 2 N–H and O–H groups in total. The summed E-state index contributed by atoms with van der Waals surface area (Å²) < 4.78 is 43.8. The number of carboxylic acid groups (broad SMARTS) is 1. The summed E-state index contributed by atoms with van der Waals surface area (Å²) in [6.07, 6.45) is 1.75. The number of carbonyl (C=O) groups is 1. The van der Waals surface area contributed by atoms with Crippen LogP contribution in [0.15, 0.2) is 72.0 Å². The molecule has 206 valence electrons. The highest BCUT2D eigenvalue weighted by atomic mass is 19.4. The highest BCUT2D eigenvalue weighted by Crippen LogP contribution is 2.24. The van der Waals surface area contributed by atoms with Crippen LogP contribution in [-0.2, 0) is 9.53 Å². The first-order chi connectivity index (χ1) is 19.3. The second-order valence-electron chi connectivity index (χ2n) is 8.44. The average molecular weight is 554 g/mol. The molecule has 4 heterocycles. The molecule has 5 aromatic rings. The van der Waals surface area contributed by atoms with Crippen LogP contribution >= 0.6 is 0 Å². The van der Waals surface area contributed by atoms with Gasteiger partial charge in [0.25, 0.3) is 0 Å². The highest BCUT2D eigenvalue weighted by molar-refractivity contribution is 5.84. The number of nitrogens with one attached hydrogen (secondary N) is 1. The molecule has 1 fully saturated rings. The predicted molar refractivity (Wildman–Crippen MR) is 136 cm³/mol. The van der Waals surface area contributed by atoms with Gasteiger partial charge in [0.1, 0.15) is 12.6 Å². The van der Waals surface area contributed by atoms with Crippen LogP contribution in [0.1, 0.15) is 0 Å². The van der Waals surface area contributed by atoms with Crippen molar-refractivity contribution < 1.29 is 32.3 Å². The lowest BCUT2D eigenvalue weighted by atomic mass is 10.1. The molecule has 0 bridgehead atoms. The van der Waals surface area contributed by atoms with Gasteiger partial charge >= 0.3 is 12.1 Å². The van der Waals surface area contributed by atoms with Gasteiger partial charge in [-0.05, 0) is 35.9 Å². The Kier molecular flexibility index (Phi) is 7.54. The summed E-state index contributed by atoms with van der Waals surface area (Å²) in [6.45, 7) is 3.01. The summed E-state index contributed by atoms with van der Waals surface area (Å²) in [6, 6.07) is 13.9. The largest absolute Gasteiger partial charge is 0.490 e. The van der Waals surface area contributed by atoms with Crippen LogP contribution in [0.25, 0.3) is 27.7 Å². The summed E-state index contributed by atoms with van der Waals surface area (Å²) in [5.74, 6) is -1.52. The van der Waals surface area contributed by atoms with E-state index in [4.69, 9.17) is 19.2 Å². The number of aromatic nitrogens is 6. The number of carboxylic acids is 1. The highest BCUT2D eigenvalue weighted by Gasteiger charge is 2.38. The zero-order chi connectivity index (χ0) is 28.1. The van der Waals surface area contributed by atoms with Gasteiger partial charge in [-0.25, -0.2) is 19.4 Å². The first-order valence-electron chi connectivity index (χ1n) is 11.8. The second kappa shape index (κ2) is 11.4. The minimum atomic E-state index is -5.08. The molecule has 12 nitrogen and oxygen atoms in total. The van der Waals surface area contributed by atoms with Crippen LogP contribution in [-0.4, -0.2) is 73.4 Å². The number of halogens is 3. The van der Waals surface area contributed by atoms with E-state index in [1.54, 1.807) is 29.7 Å². The third-order valence-electron chi connectivity index (χ3n) is 5.75. The first-order valence-corrected chi connectivity index (χ1v) is 11.8. The number of alkyl halides is 3. The van der Waals surface area contributed by atoms with E-state index in [1.807, 2.05) is 42.5 Å². The first kappa shape index (κ1) is 26.6. The maximum Gasteiger partial charge on any atom is 0.490 e. The van der Waals surface area contributed by atoms with Crippen LogP contribution in [0.3, 0.4) is 0 Å². The van der Waals surface area contributed by atoms with Crippen molar-refractivity contribution in [2.45, 2.75) is 6.18 Å². The summed E-state index contributed by atoms with van der Waals surface area (Å²) in [4.78, 5) is 24.6. The number of ether oxygens (including phenoxy) is 1. The molecular formula is C25H21F3N8O4. The zero-order valence-electron chi connectivity index (χ0n) is 20.6. The van der Waals surface area contributed by atoms with Crippen molar-refractivity contribution in [3.63, 3.8) is 0 Å². The molecule has 0 saturated carbocycles. The Morgan fingerprint density at radius 2 is 1.75 bits per heavy atom. The van der Waals surface area contributed by atoms with E-state index in [1.165, 1.54) is 0 Å². The van der Waals surface area contributed by atoms with Crippen molar-refractivity contribution in [2.75, 3.05) is 36.5 Å². The maximum absolute atomic E-state index is 10.6. The fraction of sp³-hybridized carbons (Fsp3) is 0.200. The summed E-state index contributed by atoms with van der Waals surface area (Å²) in [5.41, 5.74) is 4.53. The molecule has 0 amide bonds. The van der Waals surface area contributed by atoms with Gasteiger partial charge in [-0.3, -0.25) is 0 Å². The molecule has 1 saturated heterocycles. The number of rotatable bonds is 5. The number of morpholine rings is 1. The summed E-state index contributed by atoms with van der Waals surface area (Å²) >= 11 is 0. The molecule has 0 atom stereocenters. The summed E-state index contributed by atoms with van der Waals surface area (Å²) in [7, 11) is 0. The van der Waals surface area contributed by atoms with Gasteiger partial charge in [-0.15, -0.1) is 5.10 Å². The van der Waals surface area contributed by atoms with Crippen LogP contribution < -0.4 is 10.2 Å². The predicted octanol–water partition coefficient (Wildman–Crippen LogP) is 4.08. The lowest BCUT2D eigenvalue weighted by Crippen LogP contribution is -2.37. The Labute approximate surface area is 224 Å². The molecule has 0 radical (unpaired) electrons. The fourth-order valence-corrected chi connectivity index (χ4v) is 3.72. The van der Waals surface area contributed by atoms with Gasteiger partial charge in [0, 0.05) is 35.9 Å². The second-order valence-corrected chi connectivity index (χ2v) is 8.44. The molecular weight excluding hydrogens is 533 g/mol. The number of anilines is 3. The van der Waals surface area contributed by atoms with Crippen LogP contribution in [0, 0.1) is 0 Å². The molecule has 0 unspecified atom stereocenters. The fourth-order valence-electron chi connectivity index (χ4n) is 3.72. The minimum Gasteiger partial charge on any atom is -0.475 e. The van der Waals surface area contributed by atoms with Crippen molar-refractivity contribution >= 4 is 34.5 Å². The Hall–Kier alpha value is -5.05. The third-order valence-corrected chi connectivity index (χ3v) is 5.75. The van der Waals surface area contributed by atoms with E-state index in [0.29, 0.717) is 19.2 Å². The van der Waals surface area contributed by atoms with Crippen molar-refractivity contribution in [1.82, 2.24) is 29.9 Å². The Bertz CT molecular complexity index is 1580. The smallest absolute Gasteiger partial charge is 0.475 e. The van der Waals surface area contributed by atoms with E-state index >= 15 is 0 Å². The Morgan fingerprint density at radius 1 is 1.00 bits per heavy atom. The Balaban J connectivity index is 0.000000411. The molecule has 0 spiro atoms. The molecule has 3 aromatic heterocycles. The van der Waals surface area contributed by atoms with E-state index < -0.39 is 12.1 Å². The molecule has 6 rings (SSSR count). The van der Waals surface area contributed by atoms with Crippen molar-refractivity contribution in [3.05, 3.63) is 67.4 Å². The molecule has 2 aromatic carbocycles. The van der Waals surface area contributed by atoms with Gasteiger partial charge < -0.3 is 24.6 Å². The number of aliphatic carboxylic acids is 1. The van der Waals surface area contributed by atoms with Crippen molar-refractivity contribution in [3.8, 4) is 16.8 Å². The van der Waals surface area contributed by atoms with Gasteiger partial charge in [0.15, 0.2) is 0 Å². The normalized spacial score (nSPS) is 13.5. The van der Waals surface area contributed by atoms with E-state index in [0.717, 1.165) is 52.4 Å². The molecule has 1 aliphatic rings. The topological polar surface area (TPSA) is 144 Å². The van der Waals surface area contributed by atoms with Crippen LogP contribution in [0.2, 0.25) is 0 Å². The van der Waals surface area contributed by atoms with Crippen molar-refractivity contribution in [1.29, 1.82) is 0 Å². The monoisotopic (exact) mass is 554 g/mol. The van der Waals surface area contributed by atoms with E-state index in [2.05, 4.69) is 35.4 Å². The molecule has 1 aliphatic heterocycles.